The first-order valence-electron chi connectivity index (χ1n) is 6.73. The number of rotatable bonds is 5. The van der Waals surface area contributed by atoms with Crippen LogP contribution in [0, 0.1) is 0 Å². The smallest absolute Gasteiger partial charge is 0.244 e. The van der Waals surface area contributed by atoms with E-state index in [-0.39, 0.29) is 18.1 Å². The SMILES string of the molecule is COc1cc(Br)c(Br)c(/C=N/NC(=O)Cc2ccc(Br)cc2)c1O. The second-order valence-electron chi connectivity index (χ2n) is 4.73. The molecule has 2 N–H and O–H groups in total. The van der Waals surface area contributed by atoms with E-state index >= 15 is 0 Å². The van der Waals surface area contributed by atoms with Gasteiger partial charge in [0, 0.05) is 13.4 Å². The third-order valence-electron chi connectivity index (χ3n) is 3.07. The molecule has 0 aromatic heterocycles. The third kappa shape index (κ3) is 4.81. The summed E-state index contributed by atoms with van der Waals surface area (Å²) in [5.74, 6) is -0.0302. The number of nitrogens with one attached hydrogen (secondary N) is 1. The van der Waals surface area contributed by atoms with Gasteiger partial charge >= 0.3 is 0 Å². The highest BCUT2D eigenvalue weighted by atomic mass is 79.9. The number of carbonyl (C=O) groups excluding carboxylic acids is 1. The first kappa shape index (κ1) is 19.0. The average Bonchev–Trinajstić information content (AvgIpc) is 2.56. The summed E-state index contributed by atoms with van der Waals surface area (Å²) in [5.41, 5.74) is 3.70. The fraction of sp³-hybridized carbons (Fsp3) is 0.125. The van der Waals surface area contributed by atoms with Gasteiger partial charge in [0.05, 0.1) is 25.3 Å². The molecule has 2 rings (SSSR count). The van der Waals surface area contributed by atoms with E-state index in [4.69, 9.17) is 4.74 Å². The van der Waals surface area contributed by atoms with Crippen LogP contribution >= 0.6 is 47.8 Å². The quantitative estimate of drug-likeness (QED) is 0.454. The third-order valence-corrected chi connectivity index (χ3v) is 5.61. The highest BCUT2D eigenvalue weighted by molar-refractivity contribution is 9.13. The van der Waals surface area contributed by atoms with E-state index in [0.717, 1.165) is 10.0 Å². The van der Waals surface area contributed by atoms with Crippen molar-refractivity contribution in [2.45, 2.75) is 6.42 Å². The van der Waals surface area contributed by atoms with Crippen molar-refractivity contribution < 1.29 is 14.6 Å². The van der Waals surface area contributed by atoms with Gasteiger partial charge < -0.3 is 9.84 Å². The van der Waals surface area contributed by atoms with E-state index in [1.807, 2.05) is 24.3 Å². The molecule has 0 heterocycles. The van der Waals surface area contributed by atoms with Crippen LogP contribution in [0.5, 0.6) is 11.5 Å². The summed E-state index contributed by atoms with van der Waals surface area (Å²) >= 11 is 10.0. The second kappa shape index (κ2) is 8.64. The molecule has 0 saturated carbocycles. The molecule has 0 atom stereocenters. The van der Waals surface area contributed by atoms with E-state index in [1.54, 1.807) is 6.07 Å². The molecule has 0 fully saturated rings. The number of hydrazone groups is 1. The molecular formula is C16H13Br3N2O3. The van der Waals surface area contributed by atoms with Gasteiger partial charge in [0.25, 0.3) is 0 Å². The van der Waals surface area contributed by atoms with Crippen molar-refractivity contribution in [1.29, 1.82) is 0 Å². The number of hydrogen-bond donors (Lipinski definition) is 2. The van der Waals surface area contributed by atoms with E-state index in [0.29, 0.717) is 20.3 Å². The molecule has 0 saturated heterocycles. The van der Waals surface area contributed by atoms with Gasteiger partial charge in [-0.1, -0.05) is 28.1 Å². The minimum Gasteiger partial charge on any atom is -0.504 e. The first-order valence-corrected chi connectivity index (χ1v) is 9.11. The lowest BCUT2D eigenvalue weighted by Gasteiger charge is -2.09. The predicted molar refractivity (Wildman–Crippen MR) is 104 cm³/mol. The molecule has 126 valence electrons. The number of ether oxygens (including phenoxy) is 1. The summed E-state index contributed by atoms with van der Waals surface area (Å²) in [6.07, 6.45) is 1.56. The molecule has 0 aliphatic carbocycles. The number of hydrogen-bond acceptors (Lipinski definition) is 4. The van der Waals surface area contributed by atoms with Crippen LogP contribution in [0.3, 0.4) is 0 Å². The maximum atomic E-state index is 11.9. The van der Waals surface area contributed by atoms with Crippen molar-refractivity contribution in [1.82, 2.24) is 5.43 Å². The number of methoxy groups -OCH3 is 1. The van der Waals surface area contributed by atoms with Crippen LogP contribution in [-0.2, 0) is 11.2 Å². The lowest BCUT2D eigenvalue weighted by molar-refractivity contribution is -0.120. The van der Waals surface area contributed by atoms with Crippen molar-refractivity contribution >= 4 is 59.9 Å². The first-order chi connectivity index (χ1) is 11.4. The van der Waals surface area contributed by atoms with Crippen molar-refractivity contribution in [3.05, 3.63) is 54.9 Å². The summed E-state index contributed by atoms with van der Waals surface area (Å²) in [7, 11) is 1.45. The van der Waals surface area contributed by atoms with Gasteiger partial charge in [0.2, 0.25) is 5.91 Å². The average molecular weight is 521 g/mol. The van der Waals surface area contributed by atoms with Crippen LogP contribution < -0.4 is 10.2 Å². The molecule has 2 aromatic carbocycles. The molecular weight excluding hydrogens is 508 g/mol. The Labute approximate surface area is 164 Å². The molecule has 8 heteroatoms. The van der Waals surface area contributed by atoms with Gasteiger partial charge in [0.1, 0.15) is 0 Å². The molecule has 5 nitrogen and oxygen atoms in total. The zero-order valence-corrected chi connectivity index (χ0v) is 17.3. The maximum Gasteiger partial charge on any atom is 0.244 e. The number of amides is 1. The van der Waals surface area contributed by atoms with Gasteiger partial charge in [0.15, 0.2) is 11.5 Å². The van der Waals surface area contributed by atoms with Crippen LogP contribution in [-0.4, -0.2) is 24.3 Å². The number of phenols is 1. The molecule has 0 unspecified atom stereocenters. The fourth-order valence-corrected chi connectivity index (χ4v) is 2.97. The summed E-state index contributed by atoms with van der Waals surface area (Å²) < 4.78 is 7.33. The van der Waals surface area contributed by atoms with Crippen LogP contribution in [0.1, 0.15) is 11.1 Å². The molecule has 0 aliphatic rings. The minimum absolute atomic E-state index is 0.0708. The molecule has 0 aliphatic heterocycles. The Morgan fingerprint density at radius 1 is 1.29 bits per heavy atom. The Bertz CT molecular complexity index is 777. The number of benzene rings is 2. The zero-order valence-electron chi connectivity index (χ0n) is 12.5. The number of aromatic hydroxyl groups is 1. The lowest BCUT2D eigenvalue weighted by Crippen LogP contribution is -2.19. The standard InChI is InChI=1S/C16H13Br3N2O3/c1-24-13-7-12(18)15(19)11(16(13)23)8-20-21-14(22)6-9-2-4-10(17)5-3-9/h2-5,7-8,23H,6H2,1H3,(H,21,22)/b20-8+. The Balaban J connectivity index is 2.07. The molecule has 0 radical (unpaired) electrons. The number of phenolic OH excluding ortho intramolecular Hbond substituents is 1. The maximum absolute atomic E-state index is 11.9. The van der Waals surface area contributed by atoms with Gasteiger partial charge in [-0.2, -0.15) is 5.10 Å². The van der Waals surface area contributed by atoms with Gasteiger partial charge in [-0.15, -0.1) is 0 Å². The summed E-state index contributed by atoms with van der Waals surface area (Å²) in [6.45, 7) is 0. The van der Waals surface area contributed by atoms with Crippen LogP contribution in [0.4, 0.5) is 0 Å². The summed E-state index contributed by atoms with van der Waals surface area (Å²) in [6, 6.07) is 9.08. The normalized spacial score (nSPS) is 10.8. The molecule has 1 amide bonds. The monoisotopic (exact) mass is 518 g/mol. The number of halogens is 3. The van der Waals surface area contributed by atoms with Crippen molar-refractivity contribution in [2.75, 3.05) is 7.11 Å². The highest BCUT2D eigenvalue weighted by Gasteiger charge is 2.14. The van der Waals surface area contributed by atoms with E-state index < -0.39 is 0 Å². The van der Waals surface area contributed by atoms with E-state index in [2.05, 4.69) is 58.3 Å². The molecule has 24 heavy (non-hydrogen) atoms. The minimum atomic E-state index is -0.258. The van der Waals surface area contributed by atoms with Gasteiger partial charge in [-0.25, -0.2) is 5.43 Å². The Morgan fingerprint density at radius 2 is 1.96 bits per heavy atom. The highest BCUT2D eigenvalue weighted by Crippen LogP contribution is 2.39. The molecule has 2 aromatic rings. The van der Waals surface area contributed by atoms with Crippen LogP contribution in [0.15, 0.2) is 48.9 Å². The van der Waals surface area contributed by atoms with Crippen molar-refractivity contribution in [3.8, 4) is 11.5 Å². The summed E-state index contributed by atoms with van der Waals surface area (Å²) in [4.78, 5) is 11.9. The Morgan fingerprint density at radius 3 is 2.58 bits per heavy atom. The fourth-order valence-electron chi connectivity index (χ4n) is 1.88. The van der Waals surface area contributed by atoms with E-state index in [9.17, 15) is 9.90 Å². The van der Waals surface area contributed by atoms with Gasteiger partial charge in [-0.05, 0) is 55.6 Å². The molecule has 0 spiro atoms. The van der Waals surface area contributed by atoms with E-state index in [1.165, 1.54) is 13.3 Å². The largest absolute Gasteiger partial charge is 0.504 e. The van der Waals surface area contributed by atoms with Gasteiger partial charge in [-0.3, -0.25) is 4.79 Å². The van der Waals surface area contributed by atoms with Crippen molar-refractivity contribution in [2.24, 2.45) is 5.10 Å². The lowest BCUT2D eigenvalue weighted by atomic mass is 10.1. The second-order valence-corrected chi connectivity index (χ2v) is 7.30. The Hall–Kier alpha value is -1.38. The predicted octanol–water partition coefficient (Wildman–Crippen LogP) is 4.38. The van der Waals surface area contributed by atoms with Crippen molar-refractivity contribution in [3.63, 3.8) is 0 Å². The topological polar surface area (TPSA) is 70.9 Å². The summed E-state index contributed by atoms with van der Waals surface area (Å²) in [5, 5.41) is 14.0. The number of nitrogens with zero attached hydrogens (tertiary/aromatic N) is 1. The Kier molecular flexibility index (Phi) is 6.82. The van der Waals surface area contributed by atoms with Crippen LogP contribution in [0.2, 0.25) is 0 Å². The molecule has 0 bridgehead atoms. The van der Waals surface area contributed by atoms with Crippen LogP contribution in [0.25, 0.3) is 0 Å². The number of carbonyl (C=O) groups is 1. The zero-order chi connectivity index (χ0) is 17.7.